The summed E-state index contributed by atoms with van der Waals surface area (Å²) in [6.07, 6.45) is 2.24. The van der Waals surface area contributed by atoms with Gasteiger partial charge >= 0.3 is 0 Å². The van der Waals surface area contributed by atoms with Crippen molar-refractivity contribution in [3.05, 3.63) is 16.4 Å². The highest BCUT2D eigenvalue weighted by Gasteiger charge is 2.06. The van der Waals surface area contributed by atoms with Gasteiger partial charge in [-0.1, -0.05) is 0 Å². The Labute approximate surface area is 73.5 Å². The third kappa shape index (κ3) is 2.15. The van der Waals surface area contributed by atoms with Gasteiger partial charge in [0.25, 0.3) is 0 Å². The Bertz CT molecular complexity index is 280. The molecule has 60 valence electrons. The highest BCUT2D eigenvalue weighted by molar-refractivity contribution is 9.10. The number of carbonyl (C=O) groups excluding carboxylic acids is 1. The van der Waals surface area contributed by atoms with Crippen molar-refractivity contribution >= 4 is 21.7 Å². The molecule has 0 fully saturated rings. The molecule has 0 amide bonds. The van der Waals surface area contributed by atoms with Gasteiger partial charge in [0.05, 0.1) is 16.6 Å². The maximum absolute atomic E-state index is 10.7. The average Bonchev–Trinajstić information content (AvgIpc) is 2.09. The van der Waals surface area contributed by atoms with Gasteiger partial charge < -0.3 is 0 Å². The minimum Gasteiger partial charge on any atom is -0.300 e. The van der Waals surface area contributed by atoms with Crippen LogP contribution in [0.5, 0.6) is 0 Å². The van der Waals surface area contributed by atoms with E-state index in [4.69, 9.17) is 0 Å². The van der Waals surface area contributed by atoms with E-state index in [2.05, 4.69) is 21.0 Å². The van der Waals surface area contributed by atoms with Crippen molar-refractivity contribution in [2.24, 2.45) is 7.05 Å². The SMILES string of the molecule is CC(=O)Cc1nn(C)cc1Br. The summed E-state index contributed by atoms with van der Waals surface area (Å²) in [7, 11) is 1.83. The molecular formula is C7H9BrN2O. The Balaban J connectivity index is 2.85. The molecule has 3 nitrogen and oxygen atoms in total. The van der Waals surface area contributed by atoms with Gasteiger partial charge in [0.15, 0.2) is 0 Å². The van der Waals surface area contributed by atoms with E-state index in [1.54, 1.807) is 11.6 Å². The molecule has 11 heavy (non-hydrogen) atoms. The van der Waals surface area contributed by atoms with E-state index < -0.39 is 0 Å². The first-order chi connectivity index (χ1) is 5.09. The van der Waals surface area contributed by atoms with Crippen LogP contribution >= 0.6 is 15.9 Å². The first-order valence-electron chi connectivity index (χ1n) is 3.27. The lowest BCUT2D eigenvalue weighted by Crippen LogP contribution is -1.98. The second kappa shape index (κ2) is 3.17. The smallest absolute Gasteiger partial charge is 0.135 e. The number of nitrogens with zero attached hydrogens (tertiary/aromatic N) is 2. The minimum absolute atomic E-state index is 0.129. The lowest BCUT2D eigenvalue weighted by molar-refractivity contribution is -0.116. The topological polar surface area (TPSA) is 34.9 Å². The Kier molecular flexibility index (Phi) is 2.44. The zero-order valence-electron chi connectivity index (χ0n) is 6.47. The number of carbonyl (C=O) groups is 1. The van der Waals surface area contributed by atoms with Gasteiger partial charge in [-0.3, -0.25) is 9.48 Å². The summed E-state index contributed by atoms with van der Waals surface area (Å²) in [6.45, 7) is 1.56. The molecule has 0 spiro atoms. The number of Topliss-reactive ketones (excluding diaryl/α,β-unsaturated/α-hetero) is 1. The molecule has 0 aromatic carbocycles. The standard InChI is InChI=1S/C7H9BrN2O/c1-5(11)3-7-6(8)4-10(2)9-7/h4H,3H2,1-2H3. The number of aromatic nitrogens is 2. The summed E-state index contributed by atoms with van der Waals surface area (Å²) in [5.41, 5.74) is 0.806. The largest absolute Gasteiger partial charge is 0.300 e. The van der Waals surface area contributed by atoms with Crippen LogP contribution in [0.1, 0.15) is 12.6 Å². The van der Waals surface area contributed by atoms with E-state index in [-0.39, 0.29) is 5.78 Å². The summed E-state index contributed by atoms with van der Waals surface area (Å²) in [4.78, 5) is 10.7. The molecule has 0 radical (unpaired) electrons. The van der Waals surface area contributed by atoms with E-state index in [0.29, 0.717) is 6.42 Å². The van der Waals surface area contributed by atoms with Crippen LogP contribution in [-0.4, -0.2) is 15.6 Å². The number of rotatable bonds is 2. The highest BCUT2D eigenvalue weighted by Crippen LogP contribution is 2.14. The molecule has 1 aromatic heterocycles. The molecule has 0 aliphatic heterocycles. The van der Waals surface area contributed by atoms with Crippen molar-refractivity contribution in [1.29, 1.82) is 0 Å². The van der Waals surface area contributed by atoms with Gasteiger partial charge in [-0.2, -0.15) is 5.10 Å². The van der Waals surface area contributed by atoms with E-state index in [1.807, 2.05) is 13.2 Å². The third-order valence-corrected chi connectivity index (χ3v) is 1.93. The van der Waals surface area contributed by atoms with Crippen molar-refractivity contribution in [3.63, 3.8) is 0 Å². The lowest BCUT2D eigenvalue weighted by Gasteiger charge is -1.89. The zero-order valence-corrected chi connectivity index (χ0v) is 8.05. The van der Waals surface area contributed by atoms with Crippen molar-refractivity contribution in [1.82, 2.24) is 9.78 Å². The van der Waals surface area contributed by atoms with Crippen LogP contribution in [0.25, 0.3) is 0 Å². The van der Waals surface area contributed by atoms with E-state index in [0.717, 1.165) is 10.2 Å². The third-order valence-electron chi connectivity index (χ3n) is 1.27. The molecule has 0 bridgehead atoms. The van der Waals surface area contributed by atoms with E-state index in [1.165, 1.54) is 0 Å². The molecule has 0 aliphatic rings. The fraction of sp³-hybridized carbons (Fsp3) is 0.429. The van der Waals surface area contributed by atoms with Crippen molar-refractivity contribution in [3.8, 4) is 0 Å². The lowest BCUT2D eigenvalue weighted by atomic mass is 10.2. The fourth-order valence-electron chi connectivity index (χ4n) is 0.861. The van der Waals surface area contributed by atoms with Crippen LogP contribution in [0, 0.1) is 0 Å². The van der Waals surface area contributed by atoms with Gasteiger partial charge in [-0.05, 0) is 22.9 Å². The number of aryl methyl sites for hydroxylation is 1. The number of halogens is 1. The van der Waals surface area contributed by atoms with Gasteiger partial charge in [-0.15, -0.1) is 0 Å². The van der Waals surface area contributed by atoms with Crippen LogP contribution in [0.15, 0.2) is 10.7 Å². The van der Waals surface area contributed by atoms with Crippen LogP contribution in [0.3, 0.4) is 0 Å². The predicted octanol–water partition coefficient (Wildman–Crippen LogP) is 1.31. The Morgan fingerprint density at radius 3 is 2.82 bits per heavy atom. The molecule has 1 rings (SSSR count). The summed E-state index contributed by atoms with van der Waals surface area (Å²) in [6, 6.07) is 0. The summed E-state index contributed by atoms with van der Waals surface area (Å²) in [5, 5.41) is 4.10. The highest BCUT2D eigenvalue weighted by atomic mass is 79.9. The van der Waals surface area contributed by atoms with Crippen molar-refractivity contribution in [2.45, 2.75) is 13.3 Å². The number of hydrogen-bond donors (Lipinski definition) is 0. The second-order valence-electron chi connectivity index (χ2n) is 2.48. The Hall–Kier alpha value is -0.640. The first kappa shape index (κ1) is 8.46. The molecular weight excluding hydrogens is 208 g/mol. The Morgan fingerprint density at radius 1 is 1.82 bits per heavy atom. The van der Waals surface area contributed by atoms with Crippen LogP contribution in [0.2, 0.25) is 0 Å². The quantitative estimate of drug-likeness (QED) is 0.748. The molecule has 0 unspecified atom stereocenters. The van der Waals surface area contributed by atoms with Crippen LogP contribution in [0.4, 0.5) is 0 Å². The van der Waals surface area contributed by atoms with Gasteiger partial charge in [-0.25, -0.2) is 0 Å². The first-order valence-corrected chi connectivity index (χ1v) is 4.06. The zero-order chi connectivity index (χ0) is 8.43. The van der Waals surface area contributed by atoms with Crippen LogP contribution < -0.4 is 0 Å². The number of ketones is 1. The molecule has 4 heteroatoms. The van der Waals surface area contributed by atoms with Gasteiger partial charge in [0.2, 0.25) is 0 Å². The molecule has 0 N–H and O–H groups in total. The minimum atomic E-state index is 0.129. The van der Waals surface area contributed by atoms with Crippen molar-refractivity contribution in [2.75, 3.05) is 0 Å². The fourth-order valence-corrected chi connectivity index (χ4v) is 1.38. The van der Waals surface area contributed by atoms with E-state index in [9.17, 15) is 4.79 Å². The molecule has 0 saturated carbocycles. The molecule has 0 saturated heterocycles. The summed E-state index contributed by atoms with van der Waals surface area (Å²) < 4.78 is 2.58. The van der Waals surface area contributed by atoms with E-state index >= 15 is 0 Å². The second-order valence-corrected chi connectivity index (χ2v) is 3.33. The van der Waals surface area contributed by atoms with Crippen LogP contribution in [-0.2, 0) is 18.3 Å². The monoisotopic (exact) mass is 216 g/mol. The normalized spacial score (nSPS) is 10.1. The summed E-state index contributed by atoms with van der Waals surface area (Å²) >= 11 is 3.31. The predicted molar refractivity (Wildman–Crippen MR) is 45.3 cm³/mol. The Morgan fingerprint density at radius 2 is 2.45 bits per heavy atom. The van der Waals surface area contributed by atoms with Gasteiger partial charge in [0, 0.05) is 13.2 Å². The maximum atomic E-state index is 10.7. The molecule has 1 heterocycles. The maximum Gasteiger partial charge on any atom is 0.135 e. The molecule has 1 aromatic rings. The average molecular weight is 217 g/mol. The van der Waals surface area contributed by atoms with Gasteiger partial charge in [0.1, 0.15) is 5.78 Å². The number of hydrogen-bond acceptors (Lipinski definition) is 2. The summed E-state index contributed by atoms with van der Waals surface area (Å²) in [5.74, 6) is 0.129. The molecule has 0 atom stereocenters. The van der Waals surface area contributed by atoms with Crippen molar-refractivity contribution < 1.29 is 4.79 Å². The molecule has 0 aliphatic carbocycles.